The van der Waals surface area contributed by atoms with Crippen LogP contribution in [-0.2, 0) is 28.7 Å². The summed E-state index contributed by atoms with van der Waals surface area (Å²) in [5.74, 6) is -1.99. The number of rotatable bonds is 3. The van der Waals surface area contributed by atoms with E-state index in [-0.39, 0.29) is 18.3 Å². The molecule has 0 radical (unpaired) electrons. The predicted molar refractivity (Wildman–Crippen MR) is 86.5 cm³/mol. The van der Waals surface area contributed by atoms with Crippen molar-refractivity contribution in [3.8, 4) is 0 Å². The molecule has 0 aliphatic heterocycles. The summed E-state index contributed by atoms with van der Waals surface area (Å²) < 4.78 is 38.0. The summed E-state index contributed by atoms with van der Waals surface area (Å²) in [6.07, 6.45) is -2.42. The van der Waals surface area contributed by atoms with Crippen LogP contribution in [0.4, 0.5) is 13.2 Å². The Morgan fingerprint density at radius 2 is 1.92 bits per heavy atom. The molecule has 1 aromatic carbocycles. The van der Waals surface area contributed by atoms with E-state index in [2.05, 4.69) is 4.98 Å². The number of hydrogen-bond acceptors (Lipinski definition) is 3. The van der Waals surface area contributed by atoms with Crippen molar-refractivity contribution in [3.63, 3.8) is 0 Å². The third-order valence-electron chi connectivity index (χ3n) is 4.43. The smallest absolute Gasteiger partial charge is 0.361 e. The highest BCUT2D eigenvalue weighted by atomic mass is 19.4. The van der Waals surface area contributed by atoms with Crippen LogP contribution in [0.15, 0.2) is 42.6 Å². The van der Waals surface area contributed by atoms with E-state index in [0.717, 1.165) is 23.6 Å². The summed E-state index contributed by atoms with van der Waals surface area (Å²) >= 11 is 0. The van der Waals surface area contributed by atoms with E-state index < -0.39 is 23.6 Å². The van der Waals surface area contributed by atoms with Gasteiger partial charge in [0.15, 0.2) is 0 Å². The summed E-state index contributed by atoms with van der Waals surface area (Å²) in [4.78, 5) is 28.8. The molecule has 1 aromatic heterocycles. The van der Waals surface area contributed by atoms with Crippen molar-refractivity contribution in [1.29, 1.82) is 0 Å². The number of nitrogens with two attached hydrogens (primary N) is 1. The molecular formula is C18H16F3N3O2. The van der Waals surface area contributed by atoms with Crippen LogP contribution in [0.2, 0.25) is 0 Å². The Morgan fingerprint density at radius 1 is 1.19 bits per heavy atom. The van der Waals surface area contributed by atoms with Crippen LogP contribution in [0, 0.1) is 0 Å². The number of amides is 2. The fraction of sp³-hybridized carbons (Fsp3) is 0.278. The second-order valence-corrected chi connectivity index (χ2v) is 6.09. The van der Waals surface area contributed by atoms with Gasteiger partial charge in [-0.15, -0.1) is 0 Å². The number of aryl methyl sites for hydroxylation is 1. The summed E-state index contributed by atoms with van der Waals surface area (Å²) in [7, 11) is 0. The molecule has 5 nitrogen and oxygen atoms in total. The highest BCUT2D eigenvalue weighted by Gasteiger charge is 2.34. The van der Waals surface area contributed by atoms with E-state index in [4.69, 9.17) is 5.73 Å². The Bertz CT molecular complexity index is 834. The number of halogens is 3. The van der Waals surface area contributed by atoms with Crippen molar-refractivity contribution in [2.24, 2.45) is 5.73 Å². The summed E-state index contributed by atoms with van der Waals surface area (Å²) in [6.45, 7) is -0.0983. The SMILES string of the molecule is NC(=O)C(=O)N(Cc1ccc(C(F)(F)F)cn1)[C@@H]1CCc2ccccc21. The van der Waals surface area contributed by atoms with E-state index >= 15 is 0 Å². The molecule has 8 heteroatoms. The zero-order chi connectivity index (χ0) is 18.9. The number of nitrogens with zero attached hydrogens (tertiary/aromatic N) is 2. The number of alkyl halides is 3. The minimum absolute atomic E-state index is 0.0983. The second kappa shape index (κ2) is 6.78. The molecule has 0 bridgehead atoms. The van der Waals surface area contributed by atoms with Gasteiger partial charge in [-0.05, 0) is 36.1 Å². The van der Waals surface area contributed by atoms with Gasteiger partial charge in [-0.25, -0.2) is 0 Å². The van der Waals surface area contributed by atoms with Gasteiger partial charge in [-0.1, -0.05) is 24.3 Å². The molecule has 2 amide bonds. The summed E-state index contributed by atoms with van der Waals surface area (Å²) in [6, 6.07) is 9.27. The van der Waals surface area contributed by atoms with E-state index in [1.165, 1.54) is 11.0 Å². The van der Waals surface area contributed by atoms with Crippen molar-refractivity contribution in [3.05, 3.63) is 65.0 Å². The molecule has 0 saturated heterocycles. The quantitative estimate of drug-likeness (QED) is 0.852. The van der Waals surface area contributed by atoms with Crippen LogP contribution in [0.3, 0.4) is 0 Å². The minimum Gasteiger partial charge on any atom is -0.361 e. The zero-order valence-corrected chi connectivity index (χ0v) is 13.7. The molecule has 0 fully saturated rings. The predicted octanol–water partition coefficient (Wildman–Crippen LogP) is 2.60. The van der Waals surface area contributed by atoms with Gasteiger partial charge in [0.1, 0.15) is 0 Å². The third-order valence-corrected chi connectivity index (χ3v) is 4.43. The van der Waals surface area contributed by atoms with Gasteiger partial charge in [0.05, 0.1) is 23.8 Å². The normalized spacial score (nSPS) is 16.2. The van der Waals surface area contributed by atoms with E-state index in [1.807, 2.05) is 24.3 Å². The number of aromatic nitrogens is 1. The first-order chi connectivity index (χ1) is 12.3. The van der Waals surface area contributed by atoms with Crippen LogP contribution in [0.5, 0.6) is 0 Å². The maximum atomic E-state index is 12.7. The number of carbonyl (C=O) groups excluding carboxylic acids is 2. The molecular weight excluding hydrogens is 347 g/mol. The maximum absolute atomic E-state index is 12.7. The van der Waals surface area contributed by atoms with Gasteiger partial charge >= 0.3 is 18.0 Å². The zero-order valence-electron chi connectivity index (χ0n) is 13.7. The minimum atomic E-state index is -4.49. The lowest BCUT2D eigenvalue weighted by Gasteiger charge is -2.28. The fourth-order valence-corrected chi connectivity index (χ4v) is 3.18. The Morgan fingerprint density at radius 3 is 2.54 bits per heavy atom. The van der Waals surface area contributed by atoms with Crippen LogP contribution in [0.1, 0.15) is 34.8 Å². The van der Waals surface area contributed by atoms with Crippen LogP contribution >= 0.6 is 0 Å². The fourth-order valence-electron chi connectivity index (χ4n) is 3.18. The molecule has 2 N–H and O–H groups in total. The van der Waals surface area contributed by atoms with Gasteiger partial charge in [-0.3, -0.25) is 14.6 Å². The highest BCUT2D eigenvalue weighted by molar-refractivity contribution is 6.34. The number of benzene rings is 1. The first kappa shape index (κ1) is 17.9. The molecule has 1 atom stereocenters. The molecule has 0 spiro atoms. The van der Waals surface area contributed by atoms with Crippen LogP contribution in [-0.4, -0.2) is 21.7 Å². The van der Waals surface area contributed by atoms with E-state index in [0.29, 0.717) is 12.6 Å². The van der Waals surface area contributed by atoms with Gasteiger partial charge in [0.2, 0.25) is 0 Å². The molecule has 26 heavy (non-hydrogen) atoms. The molecule has 1 heterocycles. The van der Waals surface area contributed by atoms with Gasteiger partial charge in [0, 0.05) is 6.20 Å². The van der Waals surface area contributed by atoms with Gasteiger partial charge < -0.3 is 10.6 Å². The Balaban J connectivity index is 1.89. The van der Waals surface area contributed by atoms with E-state index in [9.17, 15) is 22.8 Å². The molecule has 0 unspecified atom stereocenters. The number of primary amides is 1. The Labute approximate surface area is 147 Å². The van der Waals surface area contributed by atoms with Crippen molar-refractivity contribution < 1.29 is 22.8 Å². The number of carbonyl (C=O) groups is 2. The highest BCUT2D eigenvalue weighted by Crippen LogP contribution is 2.36. The summed E-state index contributed by atoms with van der Waals surface area (Å²) in [5.41, 5.74) is 6.51. The van der Waals surface area contributed by atoms with Crippen molar-refractivity contribution in [2.75, 3.05) is 0 Å². The molecule has 1 aliphatic rings. The molecule has 2 aromatic rings. The van der Waals surface area contributed by atoms with Crippen molar-refractivity contribution in [2.45, 2.75) is 31.6 Å². The number of hydrogen-bond donors (Lipinski definition) is 1. The lowest BCUT2D eigenvalue weighted by atomic mass is 10.1. The average Bonchev–Trinajstić information content (AvgIpc) is 3.02. The average molecular weight is 363 g/mol. The monoisotopic (exact) mass is 363 g/mol. The molecule has 1 aliphatic carbocycles. The lowest BCUT2D eigenvalue weighted by molar-refractivity contribution is -0.146. The Kier molecular flexibility index (Phi) is 4.67. The Hall–Kier alpha value is -2.90. The van der Waals surface area contributed by atoms with Crippen LogP contribution < -0.4 is 5.73 Å². The molecule has 3 rings (SSSR count). The topological polar surface area (TPSA) is 76.3 Å². The largest absolute Gasteiger partial charge is 0.417 e. The maximum Gasteiger partial charge on any atom is 0.417 e. The van der Waals surface area contributed by atoms with Crippen LogP contribution in [0.25, 0.3) is 0 Å². The van der Waals surface area contributed by atoms with E-state index in [1.54, 1.807) is 0 Å². The van der Waals surface area contributed by atoms with Crippen molar-refractivity contribution >= 4 is 11.8 Å². The van der Waals surface area contributed by atoms with Gasteiger partial charge in [0.25, 0.3) is 0 Å². The number of pyridine rings is 1. The third kappa shape index (κ3) is 3.54. The second-order valence-electron chi connectivity index (χ2n) is 6.09. The molecule has 136 valence electrons. The summed E-state index contributed by atoms with van der Waals surface area (Å²) in [5, 5.41) is 0. The lowest BCUT2D eigenvalue weighted by Crippen LogP contribution is -2.41. The van der Waals surface area contributed by atoms with Gasteiger partial charge in [-0.2, -0.15) is 13.2 Å². The first-order valence-electron chi connectivity index (χ1n) is 7.97. The standard InChI is InChI=1S/C18H16F3N3O2/c19-18(20,21)12-6-7-13(23-9-12)10-24(17(26)16(22)25)15-8-5-11-3-1-2-4-14(11)15/h1-4,6-7,9,15H,5,8,10H2,(H2,22,25)/t15-/m1/s1. The van der Waals surface area contributed by atoms with Crippen molar-refractivity contribution in [1.82, 2.24) is 9.88 Å². The number of fused-ring (bicyclic) bond motifs is 1. The molecule has 0 saturated carbocycles. The first-order valence-corrected chi connectivity index (χ1v) is 7.97.